The molecule has 2 atom stereocenters. The van der Waals surface area contributed by atoms with Gasteiger partial charge in [0.15, 0.2) is 12.2 Å². The topological polar surface area (TPSA) is 44.8 Å². The van der Waals surface area contributed by atoms with Crippen molar-refractivity contribution < 1.29 is 19.0 Å². The largest absolute Gasteiger partial charge is 0.489 e. The first-order valence-corrected chi connectivity index (χ1v) is 5.46. The summed E-state index contributed by atoms with van der Waals surface area (Å²) in [4.78, 5) is 11.2. The Kier molecular flexibility index (Phi) is 2.28. The zero-order chi connectivity index (χ0) is 11.8. The van der Waals surface area contributed by atoms with Crippen molar-refractivity contribution in [2.24, 2.45) is 0 Å². The monoisotopic (exact) mass is 232 g/mol. The molecule has 17 heavy (non-hydrogen) atoms. The summed E-state index contributed by atoms with van der Waals surface area (Å²) in [5.41, 5.74) is 1.91. The van der Waals surface area contributed by atoms with Crippen molar-refractivity contribution in [3.8, 4) is 5.75 Å². The van der Waals surface area contributed by atoms with E-state index < -0.39 is 0 Å². The highest BCUT2D eigenvalue weighted by molar-refractivity contribution is 5.72. The van der Waals surface area contributed by atoms with Crippen molar-refractivity contribution >= 4 is 5.97 Å². The number of benzene rings is 1. The number of hydrogen-bond acceptors (Lipinski definition) is 4. The number of hydrogen-bond donors (Lipinski definition) is 0. The SMILES string of the molecule is COC(=O)Cc1ccc2c(c1)[C@H]1OC=C[C@H]1O2. The Morgan fingerprint density at radius 3 is 3.18 bits per heavy atom. The summed E-state index contributed by atoms with van der Waals surface area (Å²) < 4.78 is 15.8. The van der Waals surface area contributed by atoms with Gasteiger partial charge >= 0.3 is 5.97 Å². The van der Waals surface area contributed by atoms with E-state index in [-0.39, 0.29) is 24.6 Å². The van der Waals surface area contributed by atoms with Gasteiger partial charge in [-0.25, -0.2) is 0 Å². The molecule has 0 saturated carbocycles. The van der Waals surface area contributed by atoms with Gasteiger partial charge in [-0.1, -0.05) is 6.07 Å². The van der Waals surface area contributed by atoms with Crippen LogP contribution >= 0.6 is 0 Å². The summed E-state index contributed by atoms with van der Waals surface area (Å²) in [5, 5.41) is 0. The molecule has 88 valence electrons. The van der Waals surface area contributed by atoms with Gasteiger partial charge in [-0.05, 0) is 23.8 Å². The second-order valence-corrected chi connectivity index (χ2v) is 4.09. The zero-order valence-electron chi connectivity index (χ0n) is 9.38. The van der Waals surface area contributed by atoms with Crippen molar-refractivity contribution in [3.63, 3.8) is 0 Å². The van der Waals surface area contributed by atoms with E-state index in [0.717, 1.165) is 16.9 Å². The van der Waals surface area contributed by atoms with Crippen LogP contribution < -0.4 is 4.74 Å². The molecule has 4 nitrogen and oxygen atoms in total. The molecular formula is C13H12O4. The van der Waals surface area contributed by atoms with Crippen LogP contribution in [0.3, 0.4) is 0 Å². The zero-order valence-corrected chi connectivity index (χ0v) is 9.38. The number of fused-ring (bicyclic) bond motifs is 3. The third-order valence-corrected chi connectivity index (χ3v) is 3.01. The number of methoxy groups -OCH3 is 1. The first kappa shape index (κ1) is 10.2. The molecule has 4 heteroatoms. The predicted molar refractivity (Wildman–Crippen MR) is 59.5 cm³/mol. The van der Waals surface area contributed by atoms with Gasteiger partial charge < -0.3 is 14.2 Å². The van der Waals surface area contributed by atoms with E-state index in [1.54, 1.807) is 6.26 Å². The minimum atomic E-state index is -0.245. The Morgan fingerprint density at radius 1 is 1.47 bits per heavy atom. The summed E-state index contributed by atoms with van der Waals surface area (Å²) in [5.74, 6) is 0.587. The molecule has 2 aliphatic rings. The van der Waals surface area contributed by atoms with Crippen molar-refractivity contribution in [2.75, 3.05) is 7.11 Å². The number of rotatable bonds is 2. The molecule has 0 saturated heterocycles. The highest BCUT2D eigenvalue weighted by atomic mass is 16.6. The van der Waals surface area contributed by atoms with Crippen LogP contribution in [-0.2, 0) is 20.7 Å². The molecule has 0 amide bonds. The molecule has 0 spiro atoms. The fourth-order valence-corrected chi connectivity index (χ4v) is 2.16. The van der Waals surface area contributed by atoms with Gasteiger partial charge in [0, 0.05) is 5.56 Å². The fraction of sp³-hybridized carbons (Fsp3) is 0.308. The Balaban J connectivity index is 1.87. The van der Waals surface area contributed by atoms with Gasteiger partial charge in [-0.3, -0.25) is 4.79 Å². The average Bonchev–Trinajstić information content (AvgIpc) is 2.89. The number of ether oxygens (including phenoxy) is 3. The van der Waals surface area contributed by atoms with E-state index >= 15 is 0 Å². The van der Waals surface area contributed by atoms with Crippen LogP contribution in [0.5, 0.6) is 5.75 Å². The summed E-state index contributed by atoms with van der Waals surface area (Å²) in [6.07, 6.45) is 3.73. The Labute approximate surface area is 98.8 Å². The van der Waals surface area contributed by atoms with Crippen LogP contribution in [0.15, 0.2) is 30.5 Å². The van der Waals surface area contributed by atoms with Crippen LogP contribution in [-0.4, -0.2) is 19.2 Å². The van der Waals surface area contributed by atoms with Crippen molar-refractivity contribution in [2.45, 2.75) is 18.6 Å². The standard InChI is InChI=1S/C13H12O4/c1-15-12(14)7-8-2-3-10-9(6-8)13-11(17-10)4-5-16-13/h2-6,11,13H,7H2,1H3/t11-,13-/m1/s1. The molecule has 1 aromatic rings. The van der Waals surface area contributed by atoms with Crippen molar-refractivity contribution in [3.05, 3.63) is 41.7 Å². The van der Waals surface area contributed by atoms with E-state index in [0.29, 0.717) is 0 Å². The van der Waals surface area contributed by atoms with E-state index in [1.807, 2.05) is 24.3 Å². The van der Waals surface area contributed by atoms with E-state index in [1.165, 1.54) is 7.11 Å². The molecule has 2 aliphatic heterocycles. The van der Waals surface area contributed by atoms with Crippen LogP contribution in [0.1, 0.15) is 17.2 Å². The molecule has 0 aliphatic carbocycles. The van der Waals surface area contributed by atoms with Crippen LogP contribution in [0.2, 0.25) is 0 Å². The second-order valence-electron chi connectivity index (χ2n) is 4.09. The highest BCUT2D eigenvalue weighted by Crippen LogP contribution is 2.42. The van der Waals surface area contributed by atoms with Gasteiger partial charge in [0.25, 0.3) is 0 Å². The first-order valence-electron chi connectivity index (χ1n) is 5.46. The average molecular weight is 232 g/mol. The number of carbonyl (C=O) groups excluding carboxylic acids is 1. The highest BCUT2D eigenvalue weighted by Gasteiger charge is 2.37. The molecular weight excluding hydrogens is 220 g/mol. The second kappa shape index (κ2) is 3.80. The van der Waals surface area contributed by atoms with Crippen LogP contribution in [0.25, 0.3) is 0 Å². The minimum absolute atomic E-state index is 0.0293. The van der Waals surface area contributed by atoms with E-state index in [4.69, 9.17) is 9.47 Å². The smallest absolute Gasteiger partial charge is 0.309 e. The van der Waals surface area contributed by atoms with Crippen LogP contribution in [0, 0.1) is 0 Å². The van der Waals surface area contributed by atoms with Gasteiger partial charge in [0.2, 0.25) is 0 Å². The van der Waals surface area contributed by atoms with Gasteiger partial charge in [-0.15, -0.1) is 0 Å². The molecule has 0 aromatic heterocycles. The van der Waals surface area contributed by atoms with E-state index in [2.05, 4.69) is 4.74 Å². The molecule has 0 bridgehead atoms. The minimum Gasteiger partial charge on any atom is -0.489 e. The Bertz CT molecular complexity index is 492. The fourth-order valence-electron chi connectivity index (χ4n) is 2.16. The molecule has 0 unspecified atom stereocenters. The number of carbonyl (C=O) groups is 1. The lowest BCUT2D eigenvalue weighted by molar-refractivity contribution is -0.139. The lowest BCUT2D eigenvalue weighted by Crippen LogP contribution is -2.11. The molecule has 3 rings (SSSR count). The van der Waals surface area contributed by atoms with Crippen LogP contribution in [0.4, 0.5) is 0 Å². The number of esters is 1. The summed E-state index contributed by atoms with van der Waals surface area (Å²) in [6.45, 7) is 0. The van der Waals surface area contributed by atoms with Crippen molar-refractivity contribution in [1.82, 2.24) is 0 Å². The Hall–Kier alpha value is -1.97. The lowest BCUT2D eigenvalue weighted by atomic mass is 10.0. The third-order valence-electron chi connectivity index (χ3n) is 3.01. The van der Waals surface area contributed by atoms with Gasteiger partial charge in [-0.2, -0.15) is 0 Å². The summed E-state index contributed by atoms with van der Waals surface area (Å²) >= 11 is 0. The maximum absolute atomic E-state index is 11.2. The summed E-state index contributed by atoms with van der Waals surface area (Å²) in [7, 11) is 1.39. The maximum atomic E-state index is 11.2. The molecule has 2 heterocycles. The third kappa shape index (κ3) is 1.65. The molecule has 1 aromatic carbocycles. The molecule has 0 fully saturated rings. The normalized spacial score (nSPS) is 23.6. The first-order chi connectivity index (χ1) is 8.28. The molecule has 0 radical (unpaired) electrons. The van der Waals surface area contributed by atoms with Gasteiger partial charge in [0.1, 0.15) is 5.75 Å². The summed E-state index contributed by atoms with van der Waals surface area (Å²) in [6, 6.07) is 5.70. The quantitative estimate of drug-likeness (QED) is 0.729. The lowest BCUT2D eigenvalue weighted by Gasteiger charge is -2.08. The van der Waals surface area contributed by atoms with Gasteiger partial charge in [0.05, 0.1) is 19.8 Å². The maximum Gasteiger partial charge on any atom is 0.309 e. The van der Waals surface area contributed by atoms with Crippen molar-refractivity contribution in [1.29, 1.82) is 0 Å². The Morgan fingerprint density at radius 2 is 2.35 bits per heavy atom. The predicted octanol–water partition coefficient (Wildman–Crippen LogP) is 1.75. The van der Waals surface area contributed by atoms with E-state index in [9.17, 15) is 4.79 Å². The molecule has 0 N–H and O–H groups in total.